The summed E-state index contributed by atoms with van der Waals surface area (Å²) in [7, 11) is 0. The molecule has 0 amide bonds. The molecule has 1 heteroatoms. The Kier molecular flexibility index (Phi) is 1.71. The fourth-order valence-electron chi connectivity index (χ4n) is 3.14. The fourth-order valence-corrected chi connectivity index (χ4v) is 3.14. The van der Waals surface area contributed by atoms with Gasteiger partial charge in [-0.15, -0.1) is 0 Å². The second-order valence-corrected chi connectivity index (χ2v) is 4.44. The van der Waals surface area contributed by atoms with Gasteiger partial charge in [-0.1, -0.05) is 13.8 Å². The van der Waals surface area contributed by atoms with Crippen LogP contribution in [0.1, 0.15) is 39.5 Å². The maximum Gasteiger partial charge on any atom is 0.0210 e. The molecule has 0 radical (unpaired) electrons. The molecule has 0 N–H and O–H groups in total. The number of fused-ring (bicyclic) bond motifs is 1. The highest BCUT2D eigenvalue weighted by Crippen LogP contribution is 2.43. The summed E-state index contributed by atoms with van der Waals surface area (Å²) in [6.45, 7) is 7.50. The molecule has 2 aliphatic heterocycles. The Morgan fingerprint density at radius 1 is 1.55 bits per heavy atom. The van der Waals surface area contributed by atoms with Gasteiger partial charge in [0.15, 0.2) is 0 Å². The number of nitrogens with zero attached hydrogens (tertiary/aromatic N) is 1. The lowest BCUT2D eigenvalue weighted by Crippen LogP contribution is -2.37. The van der Waals surface area contributed by atoms with Crippen LogP contribution in [0.2, 0.25) is 0 Å². The predicted octanol–water partition coefficient (Wildman–Crippen LogP) is 2.27. The molecule has 0 aromatic heterocycles. The summed E-state index contributed by atoms with van der Waals surface area (Å²) in [4.78, 5) is 2.73. The largest absolute Gasteiger partial charge is 0.297 e. The van der Waals surface area contributed by atoms with Crippen LogP contribution in [0.3, 0.4) is 0 Å². The lowest BCUT2D eigenvalue weighted by atomic mass is 9.88. The van der Waals surface area contributed by atoms with Gasteiger partial charge in [0.05, 0.1) is 0 Å². The minimum Gasteiger partial charge on any atom is -0.297 e. The van der Waals surface area contributed by atoms with E-state index in [9.17, 15) is 0 Å². The van der Waals surface area contributed by atoms with Crippen molar-refractivity contribution in [3.05, 3.63) is 0 Å². The SMILES string of the molecule is CCC12CCCN1C[C@H](C)C2. The molecule has 1 nitrogen and oxygen atoms in total. The van der Waals surface area contributed by atoms with E-state index in [4.69, 9.17) is 0 Å². The summed E-state index contributed by atoms with van der Waals surface area (Å²) in [5.74, 6) is 0.954. The monoisotopic (exact) mass is 153 g/mol. The Labute approximate surface area is 69.8 Å². The second kappa shape index (κ2) is 2.48. The summed E-state index contributed by atoms with van der Waals surface area (Å²) in [5.41, 5.74) is 0.652. The standard InChI is InChI=1S/C10H19N/c1-3-10-5-4-6-11(10)8-9(2)7-10/h9H,3-8H2,1-2H3/t9-,10?/m1/s1. The molecule has 2 atom stereocenters. The van der Waals surface area contributed by atoms with Gasteiger partial charge in [-0.3, -0.25) is 4.90 Å². The van der Waals surface area contributed by atoms with Crippen LogP contribution in [0.15, 0.2) is 0 Å². The lowest BCUT2D eigenvalue weighted by Gasteiger charge is -2.30. The van der Waals surface area contributed by atoms with Crippen LogP contribution in [0.25, 0.3) is 0 Å². The Morgan fingerprint density at radius 2 is 2.36 bits per heavy atom. The Morgan fingerprint density at radius 3 is 3.00 bits per heavy atom. The van der Waals surface area contributed by atoms with Crippen LogP contribution in [-0.2, 0) is 0 Å². The quantitative estimate of drug-likeness (QED) is 0.558. The van der Waals surface area contributed by atoms with Gasteiger partial charge in [-0.25, -0.2) is 0 Å². The van der Waals surface area contributed by atoms with Gasteiger partial charge in [-0.2, -0.15) is 0 Å². The average Bonchev–Trinajstić information content (AvgIpc) is 2.43. The average molecular weight is 153 g/mol. The molecule has 11 heavy (non-hydrogen) atoms. The fraction of sp³-hybridized carbons (Fsp3) is 1.00. The van der Waals surface area contributed by atoms with Crippen LogP contribution in [0.5, 0.6) is 0 Å². The van der Waals surface area contributed by atoms with E-state index < -0.39 is 0 Å². The maximum absolute atomic E-state index is 2.73. The van der Waals surface area contributed by atoms with Crippen molar-refractivity contribution >= 4 is 0 Å². The zero-order chi connectivity index (χ0) is 7.90. The number of hydrogen-bond donors (Lipinski definition) is 0. The summed E-state index contributed by atoms with van der Waals surface area (Å²) >= 11 is 0. The first kappa shape index (κ1) is 7.60. The van der Waals surface area contributed by atoms with Crippen LogP contribution in [-0.4, -0.2) is 23.5 Å². The molecular formula is C10H19N. The van der Waals surface area contributed by atoms with Crippen molar-refractivity contribution in [2.45, 2.75) is 45.1 Å². The van der Waals surface area contributed by atoms with Crippen molar-refractivity contribution in [3.8, 4) is 0 Å². The third-order valence-corrected chi connectivity index (χ3v) is 3.66. The molecule has 0 bridgehead atoms. The Hall–Kier alpha value is -0.0400. The molecule has 0 saturated carbocycles. The van der Waals surface area contributed by atoms with Gasteiger partial charge in [0, 0.05) is 12.1 Å². The molecule has 2 saturated heterocycles. The van der Waals surface area contributed by atoms with Crippen molar-refractivity contribution in [2.24, 2.45) is 5.92 Å². The molecule has 2 rings (SSSR count). The van der Waals surface area contributed by atoms with Crippen molar-refractivity contribution in [1.29, 1.82) is 0 Å². The Bertz CT molecular complexity index is 155. The molecular weight excluding hydrogens is 134 g/mol. The third-order valence-electron chi connectivity index (χ3n) is 3.66. The van der Waals surface area contributed by atoms with E-state index in [-0.39, 0.29) is 0 Å². The summed E-state index contributed by atoms with van der Waals surface area (Å²) in [6.07, 6.45) is 5.75. The number of rotatable bonds is 1. The molecule has 0 aromatic carbocycles. The van der Waals surface area contributed by atoms with E-state index >= 15 is 0 Å². The smallest absolute Gasteiger partial charge is 0.0210 e. The topological polar surface area (TPSA) is 3.24 Å². The zero-order valence-electron chi connectivity index (χ0n) is 7.77. The minimum atomic E-state index is 0.652. The van der Waals surface area contributed by atoms with Gasteiger partial charge in [0.25, 0.3) is 0 Å². The van der Waals surface area contributed by atoms with Crippen molar-refractivity contribution in [1.82, 2.24) is 4.90 Å². The Balaban J connectivity index is 2.15. The minimum absolute atomic E-state index is 0.652. The van der Waals surface area contributed by atoms with Crippen LogP contribution in [0, 0.1) is 5.92 Å². The molecule has 64 valence electrons. The molecule has 2 fully saturated rings. The van der Waals surface area contributed by atoms with Gasteiger partial charge in [0.1, 0.15) is 0 Å². The summed E-state index contributed by atoms with van der Waals surface area (Å²) in [6, 6.07) is 0. The van der Waals surface area contributed by atoms with Gasteiger partial charge < -0.3 is 0 Å². The maximum atomic E-state index is 2.73. The molecule has 0 aromatic rings. The first-order valence-corrected chi connectivity index (χ1v) is 5.02. The van der Waals surface area contributed by atoms with Crippen LogP contribution in [0.4, 0.5) is 0 Å². The van der Waals surface area contributed by atoms with Crippen LogP contribution >= 0.6 is 0 Å². The van der Waals surface area contributed by atoms with Gasteiger partial charge in [-0.05, 0) is 38.1 Å². The van der Waals surface area contributed by atoms with E-state index in [0.717, 1.165) is 5.92 Å². The van der Waals surface area contributed by atoms with Gasteiger partial charge >= 0.3 is 0 Å². The van der Waals surface area contributed by atoms with Gasteiger partial charge in [0.2, 0.25) is 0 Å². The zero-order valence-corrected chi connectivity index (χ0v) is 7.77. The summed E-state index contributed by atoms with van der Waals surface area (Å²) < 4.78 is 0. The van der Waals surface area contributed by atoms with E-state index in [0.29, 0.717) is 5.54 Å². The van der Waals surface area contributed by atoms with Crippen molar-refractivity contribution in [3.63, 3.8) is 0 Å². The highest BCUT2D eigenvalue weighted by atomic mass is 15.2. The van der Waals surface area contributed by atoms with Crippen molar-refractivity contribution < 1.29 is 0 Å². The molecule has 0 spiro atoms. The molecule has 1 unspecified atom stereocenters. The van der Waals surface area contributed by atoms with E-state index in [1.54, 1.807) is 0 Å². The number of hydrogen-bond acceptors (Lipinski definition) is 1. The van der Waals surface area contributed by atoms with E-state index in [2.05, 4.69) is 18.7 Å². The first-order valence-electron chi connectivity index (χ1n) is 5.02. The first-order chi connectivity index (χ1) is 5.27. The molecule has 0 aliphatic carbocycles. The highest BCUT2D eigenvalue weighted by Gasteiger charge is 2.45. The predicted molar refractivity (Wildman–Crippen MR) is 47.6 cm³/mol. The second-order valence-electron chi connectivity index (χ2n) is 4.44. The highest BCUT2D eigenvalue weighted by molar-refractivity contribution is 5.01. The van der Waals surface area contributed by atoms with E-state index in [1.807, 2.05) is 0 Å². The lowest BCUT2D eigenvalue weighted by molar-refractivity contribution is 0.189. The normalized spacial score (nSPS) is 44.7. The summed E-state index contributed by atoms with van der Waals surface area (Å²) in [5, 5.41) is 0. The third kappa shape index (κ3) is 1.01. The molecule has 2 heterocycles. The van der Waals surface area contributed by atoms with Crippen LogP contribution < -0.4 is 0 Å². The van der Waals surface area contributed by atoms with Crippen molar-refractivity contribution in [2.75, 3.05) is 13.1 Å². The molecule has 2 aliphatic rings. The van der Waals surface area contributed by atoms with E-state index in [1.165, 1.54) is 38.8 Å².